The first kappa shape index (κ1) is 12.3. The molecule has 1 atom stereocenters. The van der Waals surface area contributed by atoms with Gasteiger partial charge in [0.2, 0.25) is 0 Å². The molecule has 1 heterocycles. The number of hydrogen-bond acceptors (Lipinski definition) is 3. The van der Waals surface area contributed by atoms with Gasteiger partial charge in [0.15, 0.2) is 11.5 Å². The van der Waals surface area contributed by atoms with E-state index in [2.05, 4.69) is 29.6 Å². The standard InChI is InChI=1S/C16H19NO2/c1-18-15-8-5-11(10-16(15)19-2)12-6-7-14-13(12)4-3-9-17-14/h4-6,8,10,14,17H,3,7,9H2,1-2H3. The van der Waals surface area contributed by atoms with Crippen molar-refractivity contribution in [1.29, 1.82) is 0 Å². The van der Waals surface area contributed by atoms with Crippen LogP contribution in [0.15, 0.2) is 35.9 Å². The Bertz CT molecular complexity index is 546. The van der Waals surface area contributed by atoms with E-state index in [0.717, 1.165) is 30.9 Å². The normalized spacial score (nSPS) is 21.5. The van der Waals surface area contributed by atoms with Gasteiger partial charge in [-0.15, -0.1) is 0 Å². The predicted octanol–water partition coefficient (Wildman–Crippen LogP) is 2.78. The summed E-state index contributed by atoms with van der Waals surface area (Å²) in [6.45, 7) is 1.08. The lowest BCUT2D eigenvalue weighted by Gasteiger charge is -2.21. The van der Waals surface area contributed by atoms with Crippen LogP contribution >= 0.6 is 0 Å². The lowest BCUT2D eigenvalue weighted by Crippen LogP contribution is -2.32. The first-order chi connectivity index (χ1) is 9.33. The molecular weight excluding hydrogens is 238 g/mol. The summed E-state index contributed by atoms with van der Waals surface area (Å²) in [5.74, 6) is 1.56. The van der Waals surface area contributed by atoms with Gasteiger partial charge in [-0.3, -0.25) is 0 Å². The summed E-state index contributed by atoms with van der Waals surface area (Å²) in [6, 6.07) is 6.63. The van der Waals surface area contributed by atoms with E-state index in [4.69, 9.17) is 9.47 Å². The summed E-state index contributed by atoms with van der Waals surface area (Å²) in [4.78, 5) is 0. The molecule has 0 saturated carbocycles. The molecule has 1 aromatic rings. The Balaban J connectivity index is 1.96. The fourth-order valence-corrected chi connectivity index (χ4v) is 2.89. The van der Waals surface area contributed by atoms with Crippen LogP contribution in [0.1, 0.15) is 18.4 Å². The first-order valence-corrected chi connectivity index (χ1v) is 6.70. The third-order valence-electron chi connectivity index (χ3n) is 3.84. The maximum Gasteiger partial charge on any atom is 0.161 e. The molecule has 1 aliphatic carbocycles. The van der Waals surface area contributed by atoms with E-state index < -0.39 is 0 Å². The zero-order valence-electron chi connectivity index (χ0n) is 11.4. The highest BCUT2D eigenvalue weighted by atomic mass is 16.5. The summed E-state index contributed by atoms with van der Waals surface area (Å²) in [5, 5.41) is 3.56. The number of nitrogens with one attached hydrogen (secondary N) is 1. The van der Waals surface area contributed by atoms with Gasteiger partial charge >= 0.3 is 0 Å². The molecule has 2 aliphatic rings. The van der Waals surface area contributed by atoms with Gasteiger partial charge in [0.1, 0.15) is 0 Å². The van der Waals surface area contributed by atoms with E-state index in [-0.39, 0.29) is 0 Å². The van der Waals surface area contributed by atoms with Crippen molar-refractivity contribution >= 4 is 5.57 Å². The Morgan fingerprint density at radius 2 is 1.95 bits per heavy atom. The van der Waals surface area contributed by atoms with Gasteiger partial charge in [0, 0.05) is 6.04 Å². The van der Waals surface area contributed by atoms with Gasteiger partial charge < -0.3 is 14.8 Å². The topological polar surface area (TPSA) is 30.5 Å². The third kappa shape index (κ3) is 2.15. The number of fused-ring (bicyclic) bond motifs is 1. The smallest absolute Gasteiger partial charge is 0.161 e. The van der Waals surface area contributed by atoms with Crippen molar-refractivity contribution in [3.05, 3.63) is 41.5 Å². The lowest BCUT2D eigenvalue weighted by molar-refractivity contribution is 0.355. The highest BCUT2D eigenvalue weighted by Gasteiger charge is 2.25. The summed E-state index contributed by atoms with van der Waals surface area (Å²) < 4.78 is 10.7. The molecule has 0 spiro atoms. The molecule has 3 heteroatoms. The van der Waals surface area contributed by atoms with Crippen molar-refractivity contribution in [3.63, 3.8) is 0 Å². The van der Waals surface area contributed by atoms with Crippen molar-refractivity contribution in [2.75, 3.05) is 20.8 Å². The Kier molecular flexibility index (Phi) is 3.30. The lowest BCUT2D eigenvalue weighted by atomic mass is 9.95. The summed E-state index contributed by atoms with van der Waals surface area (Å²) >= 11 is 0. The maximum absolute atomic E-state index is 5.39. The highest BCUT2D eigenvalue weighted by Crippen LogP contribution is 2.38. The highest BCUT2D eigenvalue weighted by molar-refractivity contribution is 5.84. The third-order valence-corrected chi connectivity index (χ3v) is 3.84. The molecular formula is C16H19NO2. The average molecular weight is 257 g/mol. The molecule has 0 radical (unpaired) electrons. The van der Waals surface area contributed by atoms with E-state index >= 15 is 0 Å². The summed E-state index contributed by atoms with van der Waals surface area (Å²) in [6.07, 6.45) is 6.86. The summed E-state index contributed by atoms with van der Waals surface area (Å²) in [5.41, 5.74) is 3.96. The van der Waals surface area contributed by atoms with Crippen LogP contribution in [0.25, 0.3) is 5.57 Å². The number of methoxy groups -OCH3 is 2. The van der Waals surface area contributed by atoms with Gasteiger partial charge in [-0.25, -0.2) is 0 Å². The minimum absolute atomic E-state index is 0.497. The van der Waals surface area contributed by atoms with Crippen LogP contribution in [0.3, 0.4) is 0 Å². The van der Waals surface area contributed by atoms with Gasteiger partial charge in [0.05, 0.1) is 14.2 Å². The van der Waals surface area contributed by atoms with Crippen LogP contribution in [0.4, 0.5) is 0 Å². The van der Waals surface area contributed by atoms with Crippen LogP contribution in [0, 0.1) is 0 Å². The number of benzene rings is 1. The van der Waals surface area contributed by atoms with Crippen molar-refractivity contribution in [1.82, 2.24) is 5.32 Å². The first-order valence-electron chi connectivity index (χ1n) is 6.70. The minimum Gasteiger partial charge on any atom is -0.493 e. The van der Waals surface area contributed by atoms with Crippen LogP contribution in [-0.2, 0) is 0 Å². The Morgan fingerprint density at radius 3 is 2.74 bits per heavy atom. The molecule has 0 bridgehead atoms. The van der Waals surface area contributed by atoms with Crippen molar-refractivity contribution in [2.24, 2.45) is 0 Å². The van der Waals surface area contributed by atoms with E-state index in [1.54, 1.807) is 14.2 Å². The number of ether oxygens (including phenoxy) is 2. The Morgan fingerprint density at radius 1 is 1.11 bits per heavy atom. The van der Waals surface area contributed by atoms with E-state index in [9.17, 15) is 0 Å². The second-order valence-electron chi connectivity index (χ2n) is 4.88. The van der Waals surface area contributed by atoms with Gasteiger partial charge in [-0.1, -0.05) is 18.2 Å². The maximum atomic E-state index is 5.39. The number of rotatable bonds is 3. The minimum atomic E-state index is 0.497. The van der Waals surface area contributed by atoms with Gasteiger partial charge in [-0.05, 0) is 48.2 Å². The monoisotopic (exact) mass is 257 g/mol. The fourth-order valence-electron chi connectivity index (χ4n) is 2.89. The zero-order chi connectivity index (χ0) is 13.2. The zero-order valence-corrected chi connectivity index (χ0v) is 11.4. The quantitative estimate of drug-likeness (QED) is 0.903. The van der Waals surface area contributed by atoms with Crippen molar-refractivity contribution in [2.45, 2.75) is 18.9 Å². The van der Waals surface area contributed by atoms with Crippen LogP contribution in [0.5, 0.6) is 11.5 Å². The second-order valence-corrected chi connectivity index (χ2v) is 4.88. The molecule has 1 N–H and O–H groups in total. The average Bonchev–Trinajstić information content (AvgIpc) is 2.90. The van der Waals surface area contributed by atoms with Gasteiger partial charge in [0.25, 0.3) is 0 Å². The van der Waals surface area contributed by atoms with Crippen LogP contribution in [0.2, 0.25) is 0 Å². The Labute approximate surface area is 113 Å². The summed E-state index contributed by atoms with van der Waals surface area (Å²) in [7, 11) is 3.34. The Hall–Kier alpha value is -1.74. The van der Waals surface area contributed by atoms with Crippen molar-refractivity contribution < 1.29 is 9.47 Å². The van der Waals surface area contributed by atoms with Crippen LogP contribution < -0.4 is 14.8 Å². The molecule has 1 unspecified atom stereocenters. The largest absolute Gasteiger partial charge is 0.493 e. The molecule has 1 aromatic carbocycles. The number of hydrogen-bond donors (Lipinski definition) is 1. The molecule has 1 aliphatic heterocycles. The second kappa shape index (κ2) is 5.10. The molecule has 0 saturated heterocycles. The van der Waals surface area contributed by atoms with E-state index in [0.29, 0.717) is 6.04 Å². The van der Waals surface area contributed by atoms with Crippen molar-refractivity contribution in [3.8, 4) is 11.5 Å². The van der Waals surface area contributed by atoms with Gasteiger partial charge in [-0.2, -0.15) is 0 Å². The molecule has 3 rings (SSSR count). The molecule has 0 fully saturated rings. The molecule has 3 nitrogen and oxygen atoms in total. The van der Waals surface area contributed by atoms with Crippen LogP contribution in [-0.4, -0.2) is 26.8 Å². The molecule has 100 valence electrons. The fraction of sp³-hybridized carbons (Fsp3) is 0.375. The van der Waals surface area contributed by atoms with E-state index in [1.165, 1.54) is 16.7 Å². The SMILES string of the molecule is COc1ccc(C2=CCC3NCCC=C23)cc1OC. The van der Waals surface area contributed by atoms with E-state index in [1.807, 2.05) is 6.07 Å². The predicted molar refractivity (Wildman–Crippen MR) is 76.6 cm³/mol. The molecule has 0 aromatic heterocycles. The molecule has 19 heavy (non-hydrogen) atoms. The molecule has 0 amide bonds.